The molecular formula is C29H34N4OS. The number of hydrogen-bond acceptors (Lipinski definition) is 4. The van der Waals surface area contributed by atoms with Gasteiger partial charge in [0.2, 0.25) is 5.91 Å². The van der Waals surface area contributed by atoms with Crippen LogP contribution in [0.5, 0.6) is 0 Å². The van der Waals surface area contributed by atoms with E-state index in [0.29, 0.717) is 6.54 Å². The Morgan fingerprint density at radius 3 is 2.11 bits per heavy atom. The third-order valence-corrected chi connectivity index (χ3v) is 9.44. The average molecular weight is 487 g/mol. The minimum absolute atomic E-state index is 0.130. The lowest BCUT2D eigenvalue weighted by molar-refractivity contribution is -0.146. The van der Waals surface area contributed by atoms with Crippen LogP contribution < -0.4 is 5.32 Å². The summed E-state index contributed by atoms with van der Waals surface area (Å²) < 4.78 is 2.21. The SMILES string of the molecule is O=C(NCc1nnc(SCc2ccccc2)n1CCc1ccccc1)C12CC3CC(CC(C3)C1)C2. The van der Waals surface area contributed by atoms with Crippen LogP contribution in [-0.4, -0.2) is 20.7 Å². The van der Waals surface area contributed by atoms with Crippen molar-refractivity contribution in [1.29, 1.82) is 0 Å². The first-order valence-corrected chi connectivity index (χ1v) is 14.1. The van der Waals surface area contributed by atoms with Gasteiger partial charge in [-0.15, -0.1) is 10.2 Å². The molecule has 1 N–H and O–H groups in total. The fourth-order valence-electron chi connectivity index (χ4n) is 7.12. The maximum Gasteiger partial charge on any atom is 0.226 e. The zero-order valence-electron chi connectivity index (χ0n) is 20.2. The van der Waals surface area contributed by atoms with Crippen molar-refractivity contribution in [3.63, 3.8) is 0 Å². The zero-order valence-corrected chi connectivity index (χ0v) is 21.1. The van der Waals surface area contributed by atoms with Crippen LogP contribution >= 0.6 is 11.8 Å². The second kappa shape index (κ2) is 9.81. The van der Waals surface area contributed by atoms with Gasteiger partial charge in [0.25, 0.3) is 0 Å². The van der Waals surface area contributed by atoms with Gasteiger partial charge in [0.1, 0.15) is 0 Å². The van der Waals surface area contributed by atoms with Crippen LogP contribution in [-0.2, 0) is 30.1 Å². The summed E-state index contributed by atoms with van der Waals surface area (Å²) in [6.45, 7) is 1.25. The molecule has 182 valence electrons. The van der Waals surface area contributed by atoms with Gasteiger partial charge in [-0.1, -0.05) is 72.4 Å². The average Bonchev–Trinajstić information content (AvgIpc) is 3.26. The number of aryl methyl sites for hydroxylation is 1. The highest BCUT2D eigenvalue weighted by atomic mass is 32.2. The molecule has 4 bridgehead atoms. The van der Waals surface area contributed by atoms with Gasteiger partial charge in [-0.25, -0.2) is 0 Å². The van der Waals surface area contributed by atoms with Crippen molar-refractivity contribution in [2.75, 3.05) is 0 Å². The topological polar surface area (TPSA) is 59.8 Å². The number of amides is 1. The molecule has 0 aliphatic heterocycles. The van der Waals surface area contributed by atoms with Crippen LogP contribution in [0.3, 0.4) is 0 Å². The van der Waals surface area contributed by atoms with Gasteiger partial charge in [-0.05, 0) is 73.8 Å². The number of carbonyl (C=O) groups excluding carboxylic acids is 1. The van der Waals surface area contributed by atoms with Crippen LogP contribution in [0.4, 0.5) is 0 Å². The second-order valence-corrected chi connectivity index (χ2v) is 11.9. The van der Waals surface area contributed by atoms with E-state index in [9.17, 15) is 4.79 Å². The highest BCUT2D eigenvalue weighted by molar-refractivity contribution is 7.98. The maximum absolute atomic E-state index is 13.5. The molecule has 1 aromatic heterocycles. The van der Waals surface area contributed by atoms with Gasteiger partial charge in [-0.2, -0.15) is 0 Å². The quantitative estimate of drug-likeness (QED) is 0.397. The van der Waals surface area contributed by atoms with Crippen molar-refractivity contribution >= 4 is 17.7 Å². The second-order valence-electron chi connectivity index (χ2n) is 10.9. The van der Waals surface area contributed by atoms with Crippen LogP contribution in [0.25, 0.3) is 0 Å². The first kappa shape index (κ1) is 22.8. The predicted molar refractivity (Wildman–Crippen MR) is 139 cm³/mol. The fourth-order valence-corrected chi connectivity index (χ4v) is 8.06. The van der Waals surface area contributed by atoms with E-state index < -0.39 is 0 Å². The third-order valence-electron chi connectivity index (χ3n) is 8.40. The van der Waals surface area contributed by atoms with E-state index in [0.717, 1.165) is 66.7 Å². The van der Waals surface area contributed by atoms with E-state index >= 15 is 0 Å². The number of carbonyl (C=O) groups is 1. The zero-order chi connectivity index (χ0) is 23.7. The minimum atomic E-state index is -0.130. The Morgan fingerprint density at radius 1 is 0.886 bits per heavy atom. The molecule has 7 rings (SSSR count). The van der Waals surface area contributed by atoms with Crippen molar-refractivity contribution in [1.82, 2.24) is 20.1 Å². The molecule has 0 saturated heterocycles. The first-order valence-electron chi connectivity index (χ1n) is 13.1. The van der Waals surface area contributed by atoms with Crippen LogP contribution in [0.1, 0.15) is 55.5 Å². The number of thioether (sulfide) groups is 1. The number of nitrogens with zero attached hydrogens (tertiary/aromatic N) is 3. The van der Waals surface area contributed by atoms with Crippen molar-refractivity contribution in [3.05, 3.63) is 77.6 Å². The molecule has 1 amide bonds. The molecule has 0 spiro atoms. The molecule has 5 nitrogen and oxygen atoms in total. The van der Waals surface area contributed by atoms with E-state index in [2.05, 4.69) is 74.7 Å². The Kier molecular flexibility index (Phi) is 6.40. The largest absolute Gasteiger partial charge is 0.348 e. The van der Waals surface area contributed by atoms with Crippen LogP contribution in [0.15, 0.2) is 65.8 Å². The molecule has 4 saturated carbocycles. The minimum Gasteiger partial charge on any atom is -0.348 e. The summed E-state index contributed by atoms with van der Waals surface area (Å²) in [4.78, 5) is 13.5. The fraction of sp³-hybridized carbons (Fsp3) is 0.483. The van der Waals surface area contributed by atoms with Crippen molar-refractivity contribution in [2.45, 2.75) is 68.9 Å². The van der Waals surface area contributed by atoms with E-state index in [1.807, 2.05) is 6.07 Å². The Bertz CT molecular complexity index is 1120. The number of aromatic nitrogens is 3. The summed E-state index contributed by atoms with van der Waals surface area (Å²) in [6.07, 6.45) is 8.22. The van der Waals surface area contributed by atoms with Gasteiger partial charge >= 0.3 is 0 Å². The van der Waals surface area contributed by atoms with Gasteiger partial charge in [0.15, 0.2) is 11.0 Å². The van der Waals surface area contributed by atoms with E-state index in [1.165, 1.54) is 30.4 Å². The summed E-state index contributed by atoms with van der Waals surface area (Å²) in [5, 5.41) is 13.3. The maximum atomic E-state index is 13.5. The molecule has 35 heavy (non-hydrogen) atoms. The van der Waals surface area contributed by atoms with Gasteiger partial charge in [0, 0.05) is 17.7 Å². The van der Waals surface area contributed by atoms with Gasteiger partial charge in [0.05, 0.1) is 6.54 Å². The van der Waals surface area contributed by atoms with E-state index in [1.54, 1.807) is 11.8 Å². The molecule has 3 aromatic rings. The monoisotopic (exact) mass is 486 g/mol. The lowest BCUT2D eigenvalue weighted by Gasteiger charge is -2.55. The Morgan fingerprint density at radius 2 is 1.49 bits per heavy atom. The molecule has 0 atom stereocenters. The molecule has 4 aliphatic rings. The van der Waals surface area contributed by atoms with Crippen molar-refractivity contribution in [2.24, 2.45) is 23.2 Å². The van der Waals surface area contributed by atoms with E-state index in [-0.39, 0.29) is 11.3 Å². The normalized spacial score (nSPS) is 26.7. The van der Waals surface area contributed by atoms with Gasteiger partial charge in [-0.3, -0.25) is 4.79 Å². The lowest BCUT2D eigenvalue weighted by atomic mass is 9.49. The summed E-state index contributed by atoms with van der Waals surface area (Å²) in [6, 6.07) is 21.0. The van der Waals surface area contributed by atoms with Crippen LogP contribution in [0, 0.1) is 23.2 Å². The van der Waals surface area contributed by atoms with Crippen LogP contribution in [0.2, 0.25) is 0 Å². The molecule has 0 radical (unpaired) electrons. The molecule has 2 aromatic carbocycles. The molecule has 4 fully saturated rings. The number of hydrogen-bond donors (Lipinski definition) is 1. The first-order chi connectivity index (χ1) is 17.2. The number of nitrogens with one attached hydrogen (secondary N) is 1. The third kappa shape index (κ3) is 4.90. The summed E-state index contributed by atoms with van der Waals surface area (Å²) in [5.41, 5.74) is 2.43. The summed E-state index contributed by atoms with van der Waals surface area (Å²) in [5.74, 6) is 4.26. The Balaban J connectivity index is 1.16. The smallest absolute Gasteiger partial charge is 0.226 e. The molecule has 0 unspecified atom stereocenters. The highest BCUT2D eigenvalue weighted by Crippen LogP contribution is 2.60. The predicted octanol–water partition coefficient (Wildman–Crippen LogP) is 5.65. The molecule has 6 heteroatoms. The van der Waals surface area contributed by atoms with Crippen molar-refractivity contribution in [3.8, 4) is 0 Å². The number of benzene rings is 2. The van der Waals surface area contributed by atoms with Crippen molar-refractivity contribution < 1.29 is 4.79 Å². The highest BCUT2D eigenvalue weighted by Gasteiger charge is 2.54. The van der Waals surface area contributed by atoms with Gasteiger partial charge < -0.3 is 9.88 Å². The lowest BCUT2D eigenvalue weighted by Crippen LogP contribution is -2.53. The Hall–Kier alpha value is -2.60. The Labute approximate surface area is 212 Å². The van der Waals surface area contributed by atoms with E-state index in [4.69, 9.17) is 0 Å². The number of rotatable bonds is 9. The summed E-state index contributed by atoms with van der Waals surface area (Å²) >= 11 is 1.71. The standard InChI is InChI=1S/C29H34N4OS/c34-27(29-16-23-13-24(17-29)15-25(14-23)18-29)30-19-26-31-32-28(35-20-22-9-5-2-6-10-22)33(26)12-11-21-7-3-1-4-8-21/h1-10,23-25H,11-20H2,(H,30,34). The molecule has 4 aliphatic carbocycles. The molecular weight excluding hydrogens is 452 g/mol. The summed E-state index contributed by atoms with van der Waals surface area (Å²) in [7, 11) is 0. The molecule has 1 heterocycles.